The van der Waals surface area contributed by atoms with Gasteiger partial charge in [0.2, 0.25) is 5.89 Å². The Hall–Kier alpha value is -0.900. The van der Waals surface area contributed by atoms with Crippen LogP contribution < -0.4 is 5.32 Å². The normalized spacial score (nSPS) is 32.8. The van der Waals surface area contributed by atoms with Gasteiger partial charge in [-0.1, -0.05) is 31.3 Å². The van der Waals surface area contributed by atoms with Crippen LogP contribution in [0.4, 0.5) is 0 Å². The molecule has 1 saturated carbocycles. The zero-order valence-electron chi connectivity index (χ0n) is 11.2. The number of nitrogens with zero attached hydrogens (tertiary/aromatic N) is 2. The van der Waals surface area contributed by atoms with E-state index >= 15 is 0 Å². The smallest absolute Gasteiger partial charge is 0.243 e. The first-order chi connectivity index (χ1) is 8.86. The first kappa shape index (κ1) is 12.2. The maximum atomic E-state index is 5.45. The van der Waals surface area contributed by atoms with E-state index in [0.29, 0.717) is 12.0 Å². The van der Waals surface area contributed by atoms with Crippen molar-refractivity contribution in [3.63, 3.8) is 0 Å². The zero-order chi connectivity index (χ0) is 12.4. The molecule has 0 spiro atoms. The van der Waals surface area contributed by atoms with Gasteiger partial charge in [-0.25, -0.2) is 0 Å². The monoisotopic (exact) mass is 249 g/mol. The van der Waals surface area contributed by atoms with Gasteiger partial charge in [0.1, 0.15) is 0 Å². The second-order valence-corrected chi connectivity index (χ2v) is 5.78. The summed E-state index contributed by atoms with van der Waals surface area (Å²) in [4.78, 5) is 4.64. The molecule has 1 N–H and O–H groups in total. The highest BCUT2D eigenvalue weighted by Crippen LogP contribution is 2.36. The Labute approximate surface area is 109 Å². The Morgan fingerprint density at radius 2 is 2.22 bits per heavy atom. The van der Waals surface area contributed by atoms with Crippen LogP contribution in [0, 0.1) is 5.92 Å². The molecule has 3 atom stereocenters. The molecule has 100 valence electrons. The highest BCUT2D eigenvalue weighted by molar-refractivity contribution is 5.01. The molecule has 4 nitrogen and oxygen atoms in total. The van der Waals surface area contributed by atoms with Crippen molar-refractivity contribution in [3.8, 4) is 0 Å². The second kappa shape index (κ2) is 5.39. The molecule has 2 aliphatic rings. The minimum Gasteiger partial charge on any atom is -0.338 e. The molecular weight excluding hydrogens is 226 g/mol. The Bertz CT molecular complexity index is 384. The molecule has 3 rings (SSSR count). The van der Waals surface area contributed by atoms with E-state index in [1.165, 1.54) is 38.5 Å². The van der Waals surface area contributed by atoms with Gasteiger partial charge in [-0.3, -0.25) is 0 Å². The van der Waals surface area contributed by atoms with Crippen molar-refractivity contribution in [2.45, 2.75) is 63.8 Å². The van der Waals surface area contributed by atoms with Crippen molar-refractivity contribution in [1.82, 2.24) is 15.5 Å². The van der Waals surface area contributed by atoms with Crippen LogP contribution in [0.2, 0.25) is 0 Å². The van der Waals surface area contributed by atoms with Gasteiger partial charge in [0.25, 0.3) is 0 Å². The van der Waals surface area contributed by atoms with E-state index in [-0.39, 0.29) is 0 Å². The summed E-state index contributed by atoms with van der Waals surface area (Å²) in [5.74, 6) is 3.15. The van der Waals surface area contributed by atoms with E-state index < -0.39 is 0 Å². The molecule has 4 heteroatoms. The van der Waals surface area contributed by atoms with Crippen molar-refractivity contribution < 1.29 is 4.52 Å². The fourth-order valence-corrected chi connectivity index (χ4v) is 3.35. The highest BCUT2D eigenvalue weighted by atomic mass is 16.5. The van der Waals surface area contributed by atoms with Crippen LogP contribution in [0.3, 0.4) is 0 Å². The van der Waals surface area contributed by atoms with E-state index in [0.717, 1.165) is 30.6 Å². The molecule has 1 aliphatic carbocycles. The van der Waals surface area contributed by atoms with E-state index in [4.69, 9.17) is 4.52 Å². The summed E-state index contributed by atoms with van der Waals surface area (Å²) in [6, 6.07) is 0.303. The van der Waals surface area contributed by atoms with Gasteiger partial charge < -0.3 is 9.84 Å². The quantitative estimate of drug-likeness (QED) is 0.894. The molecule has 2 fully saturated rings. The molecule has 0 radical (unpaired) electrons. The van der Waals surface area contributed by atoms with Gasteiger partial charge >= 0.3 is 0 Å². The lowest BCUT2D eigenvalue weighted by Crippen LogP contribution is -2.15. The molecule has 1 aromatic heterocycles. The first-order valence-corrected chi connectivity index (χ1v) is 7.43. The summed E-state index contributed by atoms with van der Waals surface area (Å²) >= 11 is 0. The van der Waals surface area contributed by atoms with Crippen molar-refractivity contribution in [2.24, 2.45) is 5.92 Å². The third-order valence-electron chi connectivity index (χ3n) is 4.54. The summed E-state index contributed by atoms with van der Waals surface area (Å²) in [5, 5.41) is 7.64. The Morgan fingerprint density at radius 1 is 1.28 bits per heavy atom. The molecule has 0 amide bonds. The van der Waals surface area contributed by atoms with Gasteiger partial charge in [0.05, 0.1) is 6.04 Å². The van der Waals surface area contributed by atoms with E-state index in [1.807, 2.05) is 0 Å². The fourth-order valence-electron chi connectivity index (χ4n) is 3.35. The Morgan fingerprint density at radius 3 is 3.00 bits per heavy atom. The topological polar surface area (TPSA) is 51.0 Å². The van der Waals surface area contributed by atoms with Gasteiger partial charge in [-0.2, -0.15) is 4.98 Å². The number of nitrogens with one attached hydrogen (secondary N) is 1. The second-order valence-electron chi connectivity index (χ2n) is 5.78. The van der Waals surface area contributed by atoms with Crippen molar-refractivity contribution >= 4 is 0 Å². The van der Waals surface area contributed by atoms with Crippen molar-refractivity contribution in [1.29, 1.82) is 0 Å². The lowest BCUT2D eigenvalue weighted by molar-refractivity contribution is 0.295. The highest BCUT2D eigenvalue weighted by Gasteiger charge is 2.28. The molecule has 18 heavy (non-hydrogen) atoms. The lowest BCUT2D eigenvalue weighted by Gasteiger charge is -2.26. The van der Waals surface area contributed by atoms with Crippen LogP contribution in [-0.2, 0) is 0 Å². The summed E-state index contributed by atoms with van der Waals surface area (Å²) in [7, 11) is 0. The van der Waals surface area contributed by atoms with Crippen LogP contribution in [0.15, 0.2) is 4.52 Å². The molecule has 0 aromatic carbocycles. The number of aromatic nitrogens is 2. The first-order valence-electron chi connectivity index (χ1n) is 7.43. The summed E-state index contributed by atoms with van der Waals surface area (Å²) in [5.41, 5.74) is 0. The lowest BCUT2D eigenvalue weighted by atomic mass is 9.80. The van der Waals surface area contributed by atoms with Crippen LogP contribution in [0.1, 0.15) is 75.5 Å². The number of hydrogen-bond donors (Lipinski definition) is 1. The third-order valence-corrected chi connectivity index (χ3v) is 4.54. The Balaban J connectivity index is 1.68. The maximum absolute atomic E-state index is 5.45. The minimum absolute atomic E-state index is 0.303. The predicted octanol–water partition coefficient (Wildman–Crippen LogP) is 3.18. The van der Waals surface area contributed by atoms with Gasteiger partial charge in [0, 0.05) is 5.92 Å². The molecule has 0 bridgehead atoms. The molecule has 1 saturated heterocycles. The zero-order valence-corrected chi connectivity index (χ0v) is 11.2. The fraction of sp³-hybridized carbons (Fsp3) is 0.857. The van der Waals surface area contributed by atoms with Crippen LogP contribution in [0.25, 0.3) is 0 Å². The van der Waals surface area contributed by atoms with Crippen LogP contribution in [-0.4, -0.2) is 16.7 Å². The van der Waals surface area contributed by atoms with Crippen LogP contribution >= 0.6 is 0 Å². The van der Waals surface area contributed by atoms with E-state index in [2.05, 4.69) is 22.4 Å². The van der Waals surface area contributed by atoms with Crippen molar-refractivity contribution in [2.75, 3.05) is 6.54 Å². The summed E-state index contributed by atoms with van der Waals surface area (Å²) in [6.45, 7) is 3.36. The maximum Gasteiger partial charge on any atom is 0.243 e. The molecule has 2 heterocycles. The predicted molar refractivity (Wildman–Crippen MR) is 69.3 cm³/mol. The van der Waals surface area contributed by atoms with E-state index in [9.17, 15) is 0 Å². The standard InChI is InChI=1S/C14H23N3O/c1-2-10-5-3-6-11(9-10)13-16-14(18-17-13)12-7-4-8-15-12/h10-12,15H,2-9H2,1H3/t10?,11?,12-/m1/s1. The average molecular weight is 249 g/mol. The third kappa shape index (κ3) is 2.44. The minimum atomic E-state index is 0.303. The largest absolute Gasteiger partial charge is 0.338 e. The SMILES string of the molecule is CCC1CCCC(c2noc([C@H]3CCCN3)n2)C1. The number of rotatable bonds is 3. The van der Waals surface area contributed by atoms with Gasteiger partial charge in [0.15, 0.2) is 5.82 Å². The summed E-state index contributed by atoms with van der Waals surface area (Å²) in [6.07, 6.45) is 8.79. The van der Waals surface area contributed by atoms with Gasteiger partial charge in [-0.05, 0) is 38.1 Å². The molecule has 2 unspecified atom stereocenters. The molecular formula is C14H23N3O. The van der Waals surface area contributed by atoms with Gasteiger partial charge in [-0.15, -0.1) is 0 Å². The Kier molecular flexibility index (Phi) is 3.64. The number of hydrogen-bond acceptors (Lipinski definition) is 4. The van der Waals surface area contributed by atoms with Crippen molar-refractivity contribution in [3.05, 3.63) is 11.7 Å². The van der Waals surface area contributed by atoms with E-state index in [1.54, 1.807) is 0 Å². The average Bonchev–Trinajstić information content (AvgIpc) is 3.09. The molecule has 1 aliphatic heterocycles. The summed E-state index contributed by atoms with van der Waals surface area (Å²) < 4.78 is 5.45. The molecule has 1 aromatic rings. The van der Waals surface area contributed by atoms with Crippen LogP contribution in [0.5, 0.6) is 0 Å².